The molecule has 2 heterocycles. The first-order valence-corrected chi connectivity index (χ1v) is 29.3. The second-order valence-electron chi connectivity index (χ2n) is 15.6. The number of hydrogen-bond acceptors (Lipinski definition) is 34. The number of nitro benzene ring substituents is 4. The summed E-state index contributed by atoms with van der Waals surface area (Å²) in [5.41, 5.74) is -7.82. The second kappa shape index (κ2) is 27.1. The number of phenols is 2. The smallest absolute Gasteiger partial charge is 0.397 e. The van der Waals surface area contributed by atoms with Crippen molar-refractivity contribution in [1.82, 2.24) is 19.6 Å². The molecule has 0 aliphatic rings. The van der Waals surface area contributed by atoms with Gasteiger partial charge in [0.1, 0.15) is 21.2 Å². The van der Waals surface area contributed by atoms with Gasteiger partial charge in [0.2, 0.25) is 23.3 Å². The van der Waals surface area contributed by atoms with Crippen LogP contribution in [0.1, 0.15) is 11.4 Å². The van der Waals surface area contributed by atoms with Crippen LogP contribution in [0.5, 0.6) is 23.3 Å². The first-order valence-electron chi connectivity index (χ1n) is 21.1. The predicted molar refractivity (Wildman–Crippen MR) is 271 cm³/mol. The Kier molecular flexibility index (Phi) is 22.0. The van der Waals surface area contributed by atoms with E-state index in [0.717, 1.165) is 24.3 Å². The van der Waals surface area contributed by atoms with Crippen molar-refractivity contribution in [1.29, 1.82) is 0 Å². The van der Waals surface area contributed by atoms with Crippen molar-refractivity contribution in [2.75, 3.05) is 24.7 Å². The van der Waals surface area contributed by atoms with E-state index in [4.69, 9.17) is 9.81 Å². The van der Waals surface area contributed by atoms with Crippen LogP contribution in [0.2, 0.25) is 0 Å². The molecule has 0 fully saturated rings. The van der Waals surface area contributed by atoms with Crippen molar-refractivity contribution in [3.63, 3.8) is 0 Å². The summed E-state index contributed by atoms with van der Waals surface area (Å²) in [6, 6.07) is 6.72. The Morgan fingerprint density at radius 1 is 0.565 bits per heavy atom. The van der Waals surface area contributed by atoms with Gasteiger partial charge in [-0.3, -0.25) is 58.3 Å². The molecule has 0 atom stereocenters. The summed E-state index contributed by atoms with van der Waals surface area (Å²) in [6.45, 7) is 0.911. The molecular weight excluding hydrogens is 1320 g/mol. The third-order valence-corrected chi connectivity index (χ3v) is 16.1. The van der Waals surface area contributed by atoms with Gasteiger partial charge in [0.05, 0.1) is 89.1 Å². The molecule has 6 rings (SSSR count). The fraction of sp³-hybridized carbons (Fsp3) is 0.167. The van der Waals surface area contributed by atoms with Crippen LogP contribution >= 0.6 is 12.3 Å². The van der Waals surface area contributed by atoms with Crippen LogP contribution in [0.3, 0.4) is 0 Å². The largest absolute Gasteiger partial charge is 0.501 e. The van der Waals surface area contributed by atoms with Crippen molar-refractivity contribution in [2.24, 2.45) is 20.5 Å². The second-order valence-corrected chi connectivity index (χ2v) is 24.2. The number of aromatic nitrogens is 4. The minimum absolute atomic E-state index is 0. The molecule has 42 nitrogen and oxygen atoms in total. The van der Waals surface area contributed by atoms with Crippen molar-refractivity contribution >= 4 is 108 Å². The third kappa shape index (κ3) is 16.9. The monoisotopic (exact) mass is 1360 g/mol. The molecule has 0 aliphatic heterocycles. The number of phenolic OH excluding ortho intramolecular Hbond substituents is 2. The maximum absolute atomic E-state index is 12.6. The summed E-state index contributed by atoms with van der Waals surface area (Å²) >= 11 is 0.106. The van der Waals surface area contributed by atoms with Crippen LogP contribution < -0.4 is 0 Å². The van der Waals surface area contributed by atoms with Gasteiger partial charge in [-0.1, -0.05) is 5.04 Å². The van der Waals surface area contributed by atoms with Crippen molar-refractivity contribution in [2.45, 2.75) is 33.4 Å². The van der Waals surface area contributed by atoms with Crippen LogP contribution in [-0.2, 0) is 85.4 Å². The number of non-ortho nitro benzene ring substituents is 2. The summed E-state index contributed by atoms with van der Waals surface area (Å²) in [5.74, 6) is -5.84. The molecule has 0 bridgehead atoms. The van der Waals surface area contributed by atoms with E-state index in [9.17, 15) is 112 Å². The van der Waals surface area contributed by atoms with E-state index in [1.165, 1.54) is 13.8 Å². The van der Waals surface area contributed by atoms with Crippen molar-refractivity contribution in [3.8, 4) is 34.6 Å². The van der Waals surface area contributed by atoms with E-state index in [0.29, 0.717) is 45.8 Å². The van der Waals surface area contributed by atoms with E-state index in [2.05, 4.69) is 48.4 Å². The Labute approximate surface area is 487 Å². The molecule has 0 aliphatic carbocycles. The topological polar surface area (TPSA) is 627 Å². The van der Waals surface area contributed by atoms with Crippen LogP contribution in [0.4, 0.5) is 45.5 Å². The average Bonchev–Trinajstić information content (AvgIpc) is 2.24. The number of azo groups is 2. The molecule has 85 heavy (non-hydrogen) atoms. The van der Waals surface area contributed by atoms with E-state index < -0.39 is 194 Å². The quantitative estimate of drug-likeness (QED) is 0.00786. The fourth-order valence-corrected chi connectivity index (χ4v) is 10.9. The van der Waals surface area contributed by atoms with Gasteiger partial charge in [-0.2, -0.15) is 44.8 Å². The maximum Gasteiger partial charge on any atom is 0.397 e. The Balaban J connectivity index is 0.000000360. The Hall–Kier alpha value is -8.39. The van der Waals surface area contributed by atoms with Gasteiger partial charge >= 0.3 is 21.8 Å². The number of hydrogen-bond donors (Lipinski definition) is 8. The van der Waals surface area contributed by atoms with Crippen molar-refractivity contribution in [3.05, 3.63) is 113 Å². The average molecular weight is 1360 g/mol. The van der Waals surface area contributed by atoms with Crippen molar-refractivity contribution < 1.29 is 136 Å². The molecule has 8 N–H and O–H groups in total. The van der Waals surface area contributed by atoms with Gasteiger partial charge in [-0.05, 0) is 50.2 Å². The van der Waals surface area contributed by atoms with Crippen LogP contribution in [0.15, 0.2) is 101 Å². The van der Waals surface area contributed by atoms with E-state index in [1.807, 2.05) is 0 Å². The molecule has 6 aromatic rings. The molecule has 2 aromatic heterocycles. The van der Waals surface area contributed by atoms with E-state index in [1.54, 1.807) is 0 Å². The number of benzene rings is 4. The molecular formula is C36H32CrN12O30S6. The molecule has 4 aromatic carbocycles. The first kappa shape index (κ1) is 69.1. The Morgan fingerprint density at radius 3 is 1.27 bits per heavy atom. The SMILES string of the molecule is Cc1nn(-c2ccc(S(=O)(=O)CCOS(=O)(=O)O)cc2S(=O)(=O)O)c(O)c1N=Nc1cc([N+](=O)[O-])cc([N+](=O)[O-])c1O.Cc1nn(-c2ccc(S(=O)(=O)CCOSOOO)cc2S(=O)(=O)O)c(O)c1N=Nc1cc([N+](=O)[O-])cc([N+](=O)[O-])c1O.[Cr]. The summed E-state index contributed by atoms with van der Waals surface area (Å²) in [4.78, 5) is 36.8. The van der Waals surface area contributed by atoms with Crippen LogP contribution in [-0.4, -0.2) is 145 Å². The zero-order chi connectivity index (χ0) is 63.2. The minimum Gasteiger partial charge on any atom is -0.501 e. The molecule has 458 valence electrons. The van der Waals surface area contributed by atoms with Gasteiger partial charge < -0.3 is 20.4 Å². The number of nitrogens with zero attached hydrogens (tertiary/aromatic N) is 12. The van der Waals surface area contributed by atoms with Gasteiger partial charge in [0, 0.05) is 29.5 Å². The summed E-state index contributed by atoms with van der Waals surface area (Å²) < 4.78 is 162. The zero-order valence-electron chi connectivity index (χ0n) is 41.4. The fourth-order valence-electron chi connectivity index (χ4n) is 6.45. The number of aromatic hydroxyl groups is 4. The Bertz CT molecular complexity index is 4310. The first-order chi connectivity index (χ1) is 38.8. The molecule has 49 heteroatoms. The molecule has 0 spiro atoms. The summed E-state index contributed by atoms with van der Waals surface area (Å²) in [7, 11) is -24.0. The third-order valence-electron chi connectivity index (χ3n) is 10.2. The number of nitro groups is 4. The number of aryl methyl sites for hydroxylation is 2. The summed E-state index contributed by atoms with van der Waals surface area (Å²) in [6.07, 6.45) is 0. The van der Waals surface area contributed by atoms with Gasteiger partial charge in [0.15, 0.2) is 43.4 Å². The minimum atomic E-state index is -5.23. The zero-order valence-corrected chi connectivity index (χ0v) is 47.6. The van der Waals surface area contributed by atoms with Gasteiger partial charge in [-0.15, -0.1) is 24.8 Å². The molecule has 0 saturated carbocycles. The van der Waals surface area contributed by atoms with E-state index >= 15 is 0 Å². The molecule has 0 saturated heterocycles. The van der Waals surface area contributed by atoms with Crippen LogP contribution in [0.25, 0.3) is 11.4 Å². The number of rotatable bonds is 24. The standard InChI is InChI=1S/2C18H16N6O15S3.Cr/c1-9-16(20-19-12-6-10(23(27)28)7-14(17(12)25)24(29)30)18(26)22(21-9)13-3-2-11(8-15(13)41(33,34)35)40(31,32)5-4-39-42(36,37)38;1-9-16(20-19-12-6-10(23(27)28)7-14(17(12)25)24(29)30)18(26)22(21-9)13-3-2-11(8-15(13)42(34,35)36)41(32,33)5-4-37-40-39-38-31;/h2-3,6-8,25-26H,4-5H2,1H3,(H,33,34,35)(H,36,37,38);2-3,6-8,25-26,31H,4-5H2,1H3,(H,34,35,36);. The number of sulfone groups is 2. The summed E-state index contributed by atoms with van der Waals surface area (Å²) in [5, 5.41) is 119. The normalized spacial score (nSPS) is 12.2. The molecule has 0 amide bonds. The molecule has 0 unspecified atom stereocenters. The van der Waals surface area contributed by atoms with Gasteiger partial charge in [-0.25, -0.2) is 26.3 Å². The van der Waals surface area contributed by atoms with Crippen LogP contribution in [0, 0.1) is 54.3 Å². The Morgan fingerprint density at radius 2 is 0.941 bits per heavy atom. The maximum atomic E-state index is 12.6. The molecule has 0 radical (unpaired) electrons. The van der Waals surface area contributed by atoms with Gasteiger partial charge in [0.25, 0.3) is 31.6 Å². The van der Waals surface area contributed by atoms with E-state index in [-0.39, 0.29) is 41.1 Å². The predicted octanol–water partition coefficient (Wildman–Crippen LogP) is 4.51.